The van der Waals surface area contributed by atoms with E-state index in [0.29, 0.717) is 34.4 Å². The first-order valence-corrected chi connectivity index (χ1v) is 9.56. The summed E-state index contributed by atoms with van der Waals surface area (Å²) < 4.78 is 0. The van der Waals surface area contributed by atoms with E-state index in [4.69, 9.17) is 0 Å². The Bertz CT molecular complexity index is 1160. The SMILES string of the molecule is C=CCc1cccc(Nc2cccc3c2C(=O)c2ccccc2C3=O)c1CC=C. The summed E-state index contributed by atoms with van der Waals surface area (Å²) in [7, 11) is 0. The Morgan fingerprint density at radius 3 is 2.03 bits per heavy atom. The standard InChI is InChI=1S/C26H21NO2/c1-3-9-17-11-7-15-22(18(17)10-4-2)27-23-16-8-14-21-24(23)26(29)20-13-6-5-12-19(20)25(21)28/h3-8,11-16,27H,1-2,9-10H2. The molecule has 0 saturated carbocycles. The van der Waals surface area contributed by atoms with Gasteiger partial charge in [0.2, 0.25) is 0 Å². The van der Waals surface area contributed by atoms with Crippen LogP contribution in [0.25, 0.3) is 0 Å². The number of allylic oxidation sites excluding steroid dienone is 2. The van der Waals surface area contributed by atoms with E-state index < -0.39 is 0 Å². The minimum Gasteiger partial charge on any atom is -0.355 e. The number of fused-ring (bicyclic) bond motifs is 2. The Morgan fingerprint density at radius 1 is 0.690 bits per heavy atom. The fraction of sp³-hybridized carbons (Fsp3) is 0.0769. The molecule has 0 unspecified atom stereocenters. The lowest BCUT2D eigenvalue weighted by Crippen LogP contribution is -2.22. The molecule has 0 radical (unpaired) electrons. The summed E-state index contributed by atoms with van der Waals surface area (Å²) in [6, 6.07) is 18.4. The molecule has 0 aromatic heterocycles. The first-order valence-electron chi connectivity index (χ1n) is 9.56. The molecule has 1 aliphatic rings. The Balaban J connectivity index is 1.83. The predicted octanol–water partition coefficient (Wildman–Crippen LogP) is 5.66. The number of benzene rings is 3. The minimum absolute atomic E-state index is 0.120. The molecule has 29 heavy (non-hydrogen) atoms. The largest absolute Gasteiger partial charge is 0.355 e. The molecule has 3 aromatic rings. The molecule has 0 saturated heterocycles. The van der Waals surface area contributed by atoms with Crippen LogP contribution in [-0.4, -0.2) is 11.6 Å². The molecular weight excluding hydrogens is 358 g/mol. The molecule has 0 bridgehead atoms. The van der Waals surface area contributed by atoms with E-state index in [9.17, 15) is 9.59 Å². The van der Waals surface area contributed by atoms with Crippen molar-refractivity contribution in [3.05, 3.63) is 119 Å². The van der Waals surface area contributed by atoms with Crippen molar-refractivity contribution in [1.82, 2.24) is 0 Å². The van der Waals surface area contributed by atoms with E-state index >= 15 is 0 Å². The van der Waals surface area contributed by atoms with Crippen molar-refractivity contribution >= 4 is 22.9 Å². The molecule has 3 heteroatoms. The van der Waals surface area contributed by atoms with Gasteiger partial charge in [-0.05, 0) is 36.1 Å². The smallest absolute Gasteiger partial charge is 0.196 e. The summed E-state index contributed by atoms with van der Waals surface area (Å²) in [5, 5.41) is 3.41. The highest BCUT2D eigenvalue weighted by Gasteiger charge is 2.31. The highest BCUT2D eigenvalue weighted by molar-refractivity contribution is 6.30. The molecule has 4 rings (SSSR count). The van der Waals surface area contributed by atoms with Gasteiger partial charge in [0, 0.05) is 22.4 Å². The van der Waals surface area contributed by atoms with Crippen molar-refractivity contribution in [2.24, 2.45) is 0 Å². The predicted molar refractivity (Wildman–Crippen MR) is 117 cm³/mol. The molecular formula is C26H21NO2. The molecule has 0 amide bonds. The number of nitrogens with one attached hydrogen (secondary N) is 1. The third-order valence-corrected chi connectivity index (χ3v) is 5.21. The van der Waals surface area contributed by atoms with Gasteiger partial charge in [0.25, 0.3) is 0 Å². The molecule has 142 valence electrons. The van der Waals surface area contributed by atoms with E-state index in [1.54, 1.807) is 36.4 Å². The summed E-state index contributed by atoms with van der Waals surface area (Å²) in [5.74, 6) is -0.253. The normalized spacial score (nSPS) is 12.1. The van der Waals surface area contributed by atoms with Crippen LogP contribution in [-0.2, 0) is 12.8 Å². The molecule has 0 aliphatic heterocycles. The molecule has 1 N–H and O–H groups in total. The van der Waals surface area contributed by atoms with Crippen LogP contribution in [0.5, 0.6) is 0 Å². The number of ketones is 2. The molecule has 0 atom stereocenters. The second-order valence-corrected chi connectivity index (χ2v) is 6.99. The van der Waals surface area contributed by atoms with E-state index in [-0.39, 0.29) is 11.6 Å². The first kappa shape index (κ1) is 18.6. The topological polar surface area (TPSA) is 46.2 Å². The fourth-order valence-electron chi connectivity index (χ4n) is 3.88. The van der Waals surface area contributed by atoms with Crippen molar-refractivity contribution in [3.8, 4) is 0 Å². The summed E-state index contributed by atoms with van der Waals surface area (Å²) in [6.07, 6.45) is 5.17. The summed E-state index contributed by atoms with van der Waals surface area (Å²) in [5.41, 5.74) is 5.57. The Morgan fingerprint density at radius 2 is 1.31 bits per heavy atom. The quantitative estimate of drug-likeness (QED) is 0.440. The summed E-state index contributed by atoms with van der Waals surface area (Å²) >= 11 is 0. The maximum atomic E-state index is 13.2. The minimum atomic E-state index is -0.134. The summed E-state index contributed by atoms with van der Waals surface area (Å²) in [6.45, 7) is 7.71. The van der Waals surface area contributed by atoms with E-state index in [0.717, 1.165) is 23.2 Å². The number of hydrogen-bond acceptors (Lipinski definition) is 3. The van der Waals surface area contributed by atoms with Gasteiger partial charge in [0.1, 0.15) is 0 Å². The molecule has 3 nitrogen and oxygen atoms in total. The average molecular weight is 379 g/mol. The van der Waals surface area contributed by atoms with Crippen LogP contribution < -0.4 is 5.32 Å². The second kappa shape index (κ2) is 7.72. The van der Waals surface area contributed by atoms with Gasteiger partial charge in [-0.15, -0.1) is 13.2 Å². The molecule has 0 fully saturated rings. The lowest BCUT2D eigenvalue weighted by molar-refractivity contribution is 0.0979. The third kappa shape index (κ3) is 3.21. The summed E-state index contributed by atoms with van der Waals surface area (Å²) in [4.78, 5) is 26.2. The number of anilines is 2. The Kier molecular flexibility index (Phi) is 4.96. The van der Waals surface area contributed by atoms with Crippen LogP contribution in [0.15, 0.2) is 86.0 Å². The van der Waals surface area contributed by atoms with Gasteiger partial charge in [-0.3, -0.25) is 9.59 Å². The zero-order chi connectivity index (χ0) is 20.4. The van der Waals surface area contributed by atoms with Crippen molar-refractivity contribution in [2.75, 3.05) is 5.32 Å². The van der Waals surface area contributed by atoms with Crippen molar-refractivity contribution in [3.63, 3.8) is 0 Å². The number of hydrogen-bond donors (Lipinski definition) is 1. The number of carbonyl (C=O) groups is 2. The molecule has 0 heterocycles. The molecule has 1 aliphatic carbocycles. The lowest BCUT2D eigenvalue weighted by atomic mass is 9.83. The Labute approximate surface area is 170 Å². The average Bonchev–Trinajstić information content (AvgIpc) is 2.74. The first-order chi connectivity index (χ1) is 14.2. The van der Waals surface area contributed by atoms with Crippen LogP contribution in [0, 0.1) is 0 Å². The number of rotatable bonds is 6. The van der Waals surface area contributed by atoms with Gasteiger partial charge in [-0.25, -0.2) is 0 Å². The maximum Gasteiger partial charge on any atom is 0.196 e. The van der Waals surface area contributed by atoms with Gasteiger partial charge >= 0.3 is 0 Å². The van der Waals surface area contributed by atoms with Crippen molar-refractivity contribution in [2.45, 2.75) is 12.8 Å². The van der Waals surface area contributed by atoms with Crippen LogP contribution >= 0.6 is 0 Å². The monoisotopic (exact) mass is 379 g/mol. The molecule has 3 aromatic carbocycles. The second-order valence-electron chi connectivity index (χ2n) is 6.99. The van der Waals surface area contributed by atoms with Gasteiger partial charge in [-0.1, -0.05) is 60.7 Å². The van der Waals surface area contributed by atoms with Crippen molar-refractivity contribution < 1.29 is 9.59 Å². The van der Waals surface area contributed by atoms with Crippen LogP contribution in [0.4, 0.5) is 11.4 Å². The Hall–Kier alpha value is -3.72. The van der Waals surface area contributed by atoms with E-state index in [2.05, 4.69) is 24.5 Å². The molecule has 0 spiro atoms. The van der Waals surface area contributed by atoms with Crippen LogP contribution in [0.2, 0.25) is 0 Å². The van der Waals surface area contributed by atoms with Crippen molar-refractivity contribution in [1.29, 1.82) is 0 Å². The van der Waals surface area contributed by atoms with E-state index in [1.165, 1.54) is 0 Å². The zero-order valence-corrected chi connectivity index (χ0v) is 16.1. The highest BCUT2D eigenvalue weighted by Crippen LogP contribution is 2.34. The van der Waals surface area contributed by atoms with Crippen LogP contribution in [0.1, 0.15) is 43.0 Å². The van der Waals surface area contributed by atoms with Gasteiger partial charge in [-0.2, -0.15) is 0 Å². The fourth-order valence-corrected chi connectivity index (χ4v) is 3.88. The van der Waals surface area contributed by atoms with Gasteiger partial charge < -0.3 is 5.32 Å². The lowest BCUT2D eigenvalue weighted by Gasteiger charge is -2.22. The van der Waals surface area contributed by atoms with Crippen LogP contribution in [0.3, 0.4) is 0 Å². The van der Waals surface area contributed by atoms with E-state index in [1.807, 2.05) is 30.4 Å². The highest BCUT2D eigenvalue weighted by atomic mass is 16.1. The van der Waals surface area contributed by atoms with Gasteiger partial charge in [0.15, 0.2) is 11.6 Å². The number of carbonyl (C=O) groups excluding carboxylic acids is 2. The zero-order valence-electron chi connectivity index (χ0n) is 16.1. The third-order valence-electron chi connectivity index (χ3n) is 5.21. The maximum absolute atomic E-state index is 13.2. The van der Waals surface area contributed by atoms with Gasteiger partial charge in [0.05, 0.1) is 11.3 Å².